The van der Waals surface area contributed by atoms with Crippen LogP contribution < -0.4 is 0 Å². The standard InChI is InChI=1S/C26H46/c1-3-5-6-8-22-11-15-24(16-12-22)26-19-17-25(18-20-26)23-13-9-21(7-4-2)10-14-23/h3,5,21-26H,4,6-20H2,1-2H3/b5-3+. The zero-order valence-electron chi connectivity index (χ0n) is 17.9. The maximum absolute atomic E-state index is 2.36. The van der Waals surface area contributed by atoms with Crippen LogP contribution in [0.2, 0.25) is 0 Å². The first-order chi connectivity index (χ1) is 12.8. The van der Waals surface area contributed by atoms with Crippen LogP contribution in [0.15, 0.2) is 12.2 Å². The van der Waals surface area contributed by atoms with E-state index in [1.165, 1.54) is 38.5 Å². The highest BCUT2D eigenvalue weighted by atomic mass is 14.4. The molecule has 3 rings (SSSR count). The highest BCUT2D eigenvalue weighted by molar-refractivity contribution is 4.86. The highest BCUT2D eigenvalue weighted by Crippen LogP contribution is 2.46. The summed E-state index contributed by atoms with van der Waals surface area (Å²) >= 11 is 0. The average Bonchev–Trinajstić information content (AvgIpc) is 2.70. The number of hydrogen-bond donors (Lipinski definition) is 0. The molecule has 0 nitrogen and oxygen atoms in total. The molecule has 0 amide bonds. The highest BCUT2D eigenvalue weighted by Gasteiger charge is 2.34. The molecule has 0 spiro atoms. The van der Waals surface area contributed by atoms with E-state index in [4.69, 9.17) is 0 Å². The third-order valence-corrected chi connectivity index (χ3v) is 8.61. The summed E-state index contributed by atoms with van der Waals surface area (Å²) in [6.45, 7) is 4.52. The van der Waals surface area contributed by atoms with Gasteiger partial charge in [0.1, 0.15) is 0 Å². The van der Waals surface area contributed by atoms with E-state index in [0.29, 0.717) is 0 Å². The van der Waals surface area contributed by atoms with E-state index >= 15 is 0 Å². The maximum atomic E-state index is 2.36. The van der Waals surface area contributed by atoms with Crippen LogP contribution >= 0.6 is 0 Å². The minimum absolute atomic E-state index is 1.04. The molecular formula is C26H46. The van der Waals surface area contributed by atoms with Gasteiger partial charge in [-0.15, -0.1) is 0 Å². The van der Waals surface area contributed by atoms with E-state index in [-0.39, 0.29) is 0 Å². The fourth-order valence-corrected chi connectivity index (χ4v) is 6.89. The van der Waals surface area contributed by atoms with Gasteiger partial charge in [0, 0.05) is 0 Å². The molecule has 150 valence electrons. The second-order valence-electron chi connectivity index (χ2n) is 10.2. The first-order valence-corrected chi connectivity index (χ1v) is 12.4. The van der Waals surface area contributed by atoms with Crippen LogP contribution in [0.3, 0.4) is 0 Å². The lowest BCUT2D eigenvalue weighted by molar-refractivity contribution is 0.103. The molecule has 0 unspecified atom stereocenters. The SMILES string of the molecule is C/C=C/CCC1CCC(C2CCC(C3CCC(CCC)CC3)CC2)CC1. The molecular weight excluding hydrogens is 312 g/mol. The fraction of sp³-hybridized carbons (Fsp3) is 0.923. The minimum atomic E-state index is 1.04. The molecule has 0 aromatic heterocycles. The van der Waals surface area contributed by atoms with E-state index in [2.05, 4.69) is 26.0 Å². The molecule has 0 aromatic carbocycles. The summed E-state index contributed by atoms with van der Waals surface area (Å²) in [6, 6.07) is 0. The van der Waals surface area contributed by atoms with Gasteiger partial charge in [0.2, 0.25) is 0 Å². The summed E-state index contributed by atoms with van der Waals surface area (Å²) in [6.07, 6.45) is 29.0. The maximum Gasteiger partial charge on any atom is -0.0348 e. The minimum Gasteiger partial charge on any atom is -0.0917 e. The molecule has 0 heterocycles. The van der Waals surface area contributed by atoms with Gasteiger partial charge in [-0.2, -0.15) is 0 Å². The largest absolute Gasteiger partial charge is 0.0917 e. The topological polar surface area (TPSA) is 0 Å². The summed E-state index contributed by atoms with van der Waals surface area (Å²) in [7, 11) is 0. The zero-order chi connectivity index (χ0) is 18.2. The normalized spacial score (nSPS) is 39.3. The molecule has 0 atom stereocenters. The van der Waals surface area contributed by atoms with E-state index in [1.54, 1.807) is 64.2 Å². The smallest absolute Gasteiger partial charge is 0.0348 e. The molecule has 0 aliphatic heterocycles. The number of allylic oxidation sites excluding steroid dienone is 2. The summed E-state index contributed by atoms with van der Waals surface area (Å²) in [5.41, 5.74) is 0. The Hall–Kier alpha value is -0.260. The molecule has 0 aromatic rings. The van der Waals surface area contributed by atoms with Crippen molar-refractivity contribution in [2.24, 2.45) is 35.5 Å². The predicted molar refractivity (Wildman–Crippen MR) is 115 cm³/mol. The Kier molecular flexibility index (Phi) is 8.60. The molecule has 0 saturated heterocycles. The quantitative estimate of drug-likeness (QED) is 0.400. The van der Waals surface area contributed by atoms with Crippen LogP contribution in [-0.2, 0) is 0 Å². The van der Waals surface area contributed by atoms with E-state index in [1.807, 2.05) is 0 Å². The van der Waals surface area contributed by atoms with Gasteiger partial charge in [-0.05, 0) is 107 Å². The van der Waals surface area contributed by atoms with Crippen molar-refractivity contribution in [3.63, 3.8) is 0 Å². The lowest BCUT2D eigenvalue weighted by Crippen LogP contribution is -2.29. The first-order valence-electron chi connectivity index (χ1n) is 12.4. The Balaban J connectivity index is 1.33. The Morgan fingerprint density at radius 1 is 0.577 bits per heavy atom. The monoisotopic (exact) mass is 358 g/mol. The Bertz CT molecular complexity index is 384. The number of rotatable bonds is 7. The van der Waals surface area contributed by atoms with Gasteiger partial charge in [0.25, 0.3) is 0 Å². The van der Waals surface area contributed by atoms with Crippen molar-refractivity contribution in [3.8, 4) is 0 Å². The summed E-state index contributed by atoms with van der Waals surface area (Å²) in [5, 5.41) is 0. The van der Waals surface area contributed by atoms with Gasteiger partial charge in [-0.1, -0.05) is 57.6 Å². The van der Waals surface area contributed by atoms with Crippen LogP contribution in [0.25, 0.3) is 0 Å². The zero-order valence-corrected chi connectivity index (χ0v) is 17.9. The van der Waals surface area contributed by atoms with Gasteiger partial charge in [0.15, 0.2) is 0 Å². The van der Waals surface area contributed by atoms with Crippen LogP contribution in [0, 0.1) is 35.5 Å². The van der Waals surface area contributed by atoms with E-state index in [9.17, 15) is 0 Å². The second kappa shape index (κ2) is 10.9. The molecule has 26 heavy (non-hydrogen) atoms. The van der Waals surface area contributed by atoms with Gasteiger partial charge in [-0.3, -0.25) is 0 Å². The van der Waals surface area contributed by atoms with Crippen molar-refractivity contribution in [1.29, 1.82) is 0 Å². The van der Waals surface area contributed by atoms with Crippen LogP contribution in [-0.4, -0.2) is 0 Å². The lowest BCUT2D eigenvalue weighted by atomic mass is 9.64. The van der Waals surface area contributed by atoms with Crippen molar-refractivity contribution in [2.45, 2.75) is 117 Å². The first kappa shape index (κ1) is 20.5. The third-order valence-electron chi connectivity index (χ3n) is 8.61. The number of hydrogen-bond acceptors (Lipinski definition) is 0. The van der Waals surface area contributed by atoms with E-state index in [0.717, 1.165) is 35.5 Å². The molecule has 3 aliphatic carbocycles. The Labute approximate surface area is 164 Å². The molecule has 3 aliphatic rings. The van der Waals surface area contributed by atoms with Crippen molar-refractivity contribution < 1.29 is 0 Å². The molecule has 3 saturated carbocycles. The Morgan fingerprint density at radius 2 is 0.962 bits per heavy atom. The molecule has 3 fully saturated rings. The van der Waals surface area contributed by atoms with Crippen LogP contribution in [0.4, 0.5) is 0 Å². The van der Waals surface area contributed by atoms with Gasteiger partial charge >= 0.3 is 0 Å². The van der Waals surface area contributed by atoms with Crippen LogP contribution in [0.1, 0.15) is 117 Å². The molecule has 0 radical (unpaired) electrons. The molecule has 0 N–H and O–H groups in total. The van der Waals surface area contributed by atoms with Crippen molar-refractivity contribution >= 4 is 0 Å². The van der Waals surface area contributed by atoms with Crippen LogP contribution in [0.5, 0.6) is 0 Å². The molecule has 0 heteroatoms. The van der Waals surface area contributed by atoms with Gasteiger partial charge in [0.05, 0.1) is 0 Å². The predicted octanol–water partition coefficient (Wildman–Crippen LogP) is 8.56. The molecule has 0 bridgehead atoms. The summed E-state index contributed by atoms with van der Waals surface area (Å²) in [5.74, 6) is 6.51. The summed E-state index contributed by atoms with van der Waals surface area (Å²) in [4.78, 5) is 0. The van der Waals surface area contributed by atoms with Crippen molar-refractivity contribution in [1.82, 2.24) is 0 Å². The van der Waals surface area contributed by atoms with Gasteiger partial charge < -0.3 is 0 Å². The average molecular weight is 359 g/mol. The Morgan fingerprint density at radius 3 is 1.35 bits per heavy atom. The van der Waals surface area contributed by atoms with E-state index < -0.39 is 0 Å². The second-order valence-corrected chi connectivity index (χ2v) is 10.2. The van der Waals surface area contributed by atoms with Gasteiger partial charge in [-0.25, -0.2) is 0 Å². The van der Waals surface area contributed by atoms with Crippen molar-refractivity contribution in [3.05, 3.63) is 12.2 Å². The van der Waals surface area contributed by atoms with Crippen molar-refractivity contribution in [2.75, 3.05) is 0 Å². The third kappa shape index (κ3) is 5.87. The lowest BCUT2D eigenvalue weighted by Gasteiger charge is -2.41. The summed E-state index contributed by atoms with van der Waals surface area (Å²) < 4.78 is 0. The fourth-order valence-electron chi connectivity index (χ4n) is 6.89.